The van der Waals surface area contributed by atoms with Crippen LogP contribution in [0.5, 0.6) is 0 Å². The number of fused-ring (bicyclic) bond motifs is 2. The number of pyridine rings is 3. The van der Waals surface area contributed by atoms with Gasteiger partial charge in [-0.1, -0.05) is 20.8 Å². The van der Waals surface area contributed by atoms with Crippen molar-refractivity contribution in [3.8, 4) is 33.9 Å². The van der Waals surface area contributed by atoms with Crippen LogP contribution in [0.2, 0.25) is 0 Å². The van der Waals surface area contributed by atoms with Crippen molar-refractivity contribution in [3.63, 3.8) is 0 Å². The highest BCUT2D eigenvalue weighted by atomic mass is 32.2. The number of amides is 1. The maximum absolute atomic E-state index is 16.2. The topological polar surface area (TPSA) is 159 Å². The Balaban J connectivity index is 1.40. The van der Waals surface area contributed by atoms with E-state index >= 15 is 4.39 Å². The molecule has 5 aromatic heterocycles. The van der Waals surface area contributed by atoms with Crippen LogP contribution in [0.3, 0.4) is 0 Å². The van der Waals surface area contributed by atoms with Crippen LogP contribution in [0.25, 0.3) is 56.0 Å². The molecular formula is C31H28F2N8O3S. The quantitative estimate of drug-likeness (QED) is 0.209. The van der Waals surface area contributed by atoms with Crippen LogP contribution in [0.15, 0.2) is 55.1 Å². The molecule has 0 atom stereocenters. The van der Waals surface area contributed by atoms with Gasteiger partial charge in [-0.25, -0.2) is 27.2 Å². The van der Waals surface area contributed by atoms with Gasteiger partial charge in [-0.3, -0.25) is 19.9 Å². The fourth-order valence-electron chi connectivity index (χ4n) is 4.80. The zero-order valence-electron chi connectivity index (χ0n) is 24.7. The molecule has 0 aliphatic heterocycles. The van der Waals surface area contributed by atoms with E-state index in [1.807, 2.05) is 0 Å². The van der Waals surface area contributed by atoms with Gasteiger partial charge in [-0.15, -0.1) is 0 Å². The van der Waals surface area contributed by atoms with Crippen LogP contribution in [-0.2, 0) is 21.1 Å². The summed E-state index contributed by atoms with van der Waals surface area (Å²) < 4.78 is 54.1. The number of aromatic nitrogens is 7. The molecule has 0 spiro atoms. The second-order valence-corrected chi connectivity index (χ2v) is 14.1. The molecular weight excluding hydrogens is 602 g/mol. The Hall–Kier alpha value is -5.11. The summed E-state index contributed by atoms with van der Waals surface area (Å²) in [4.78, 5) is 33.2. The highest BCUT2D eigenvalue weighted by Gasteiger charge is 2.23. The molecule has 45 heavy (non-hydrogen) atoms. The average Bonchev–Trinajstić information content (AvgIpc) is 3.60. The molecule has 1 aromatic carbocycles. The van der Waals surface area contributed by atoms with Crippen molar-refractivity contribution < 1.29 is 22.0 Å². The third-order valence-corrected chi connectivity index (χ3v) is 8.08. The van der Waals surface area contributed by atoms with Crippen LogP contribution in [0.4, 0.5) is 14.5 Å². The van der Waals surface area contributed by atoms with E-state index in [9.17, 15) is 17.6 Å². The Morgan fingerprint density at radius 3 is 2.58 bits per heavy atom. The number of carbonyl (C=O) groups excluding carboxylic acids is 1. The number of nitrogens with one attached hydrogen (secondary N) is 3. The third-order valence-electron chi connectivity index (χ3n) is 7.14. The Labute approximate surface area is 256 Å². The minimum Gasteiger partial charge on any atom is -0.337 e. The standard InChI is InChI=1S/C31H28F2N8O3S/c1-31(2,3)30(42)37-20-12-18(13-34-14-20)21-15-36-28-23(24(21)33)27(40-41-28)29-38-22-5-7-35-25(26(22)39-29)17-9-16(10-19(32)11-17)6-8-45(4,43)44/h5,7,9-15H,6,8H2,1-4H3,(H,37,42)(H,38,39)(H,36,40,41). The summed E-state index contributed by atoms with van der Waals surface area (Å²) in [5.41, 5.74) is 2.89. The van der Waals surface area contributed by atoms with Crippen molar-refractivity contribution in [1.29, 1.82) is 0 Å². The first-order chi connectivity index (χ1) is 21.3. The zero-order chi connectivity index (χ0) is 32.1. The lowest BCUT2D eigenvalue weighted by molar-refractivity contribution is -0.123. The summed E-state index contributed by atoms with van der Waals surface area (Å²) in [6.45, 7) is 5.35. The molecule has 0 radical (unpaired) electrons. The van der Waals surface area contributed by atoms with Gasteiger partial charge >= 0.3 is 0 Å². The van der Waals surface area contributed by atoms with Gasteiger partial charge in [0.15, 0.2) is 11.5 Å². The Bertz CT molecular complexity index is 2220. The number of halogens is 2. The van der Waals surface area contributed by atoms with E-state index in [0.717, 1.165) is 6.26 Å². The van der Waals surface area contributed by atoms with Gasteiger partial charge in [0.25, 0.3) is 0 Å². The lowest BCUT2D eigenvalue weighted by Gasteiger charge is -2.17. The molecule has 230 valence electrons. The molecule has 5 heterocycles. The number of hydrogen-bond acceptors (Lipinski definition) is 8. The number of aromatic amines is 2. The predicted molar refractivity (Wildman–Crippen MR) is 167 cm³/mol. The van der Waals surface area contributed by atoms with Gasteiger partial charge in [0.1, 0.15) is 32.7 Å². The van der Waals surface area contributed by atoms with E-state index in [1.54, 1.807) is 39.0 Å². The molecule has 14 heteroatoms. The van der Waals surface area contributed by atoms with Gasteiger partial charge in [0.05, 0.1) is 34.2 Å². The summed E-state index contributed by atoms with van der Waals surface area (Å²) >= 11 is 0. The number of imidazole rings is 1. The van der Waals surface area contributed by atoms with Crippen molar-refractivity contribution in [2.75, 3.05) is 17.3 Å². The number of H-pyrrole nitrogens is 2. The molecule has 6 aromatic rings. The van der Waals surface area contributed by atoms with Gasteiger partial charge in [0, 0.05) is 47.0 Å². The molecule has 0 bridgehead atoms. The molecule has 0 unspecified atom stereocenters. The summed E-state index contributed by atoms with van der Waals surface area (Å²) in [6.07, 6.45) is 7.10. The van der Waals surface area contributed by atoms with E-state index < -0.39 is 26.9 Å². The first kappa shape index (κ1) is 29.9. The van der Waals surface area contributed by atoms with Crippen LogP contribution < -0.4 is 5.32 Å². The number of carbonyl (C=O) groups is 1. The Morgan fingerprint density at radius 2 is 1.82 bits per heavy atom. The van der Waals surface area contributed by atoms with Crippen molar-refractivity contribution in [2.24, 2.45) is 5.41 Å². The minimum absolute atomic E-state index is 0.0824. The number of benzene rings is 1. The second kappa shape index (κ2) is 11.1. The van der Waals surface area contributed by atoms with Crippen LogP contribution >= 0.6 is 0 Å². The third kappa shape index (κ3) is 6.13. The van der Waals surface area contributed by atoms with Crippen molar-refractivity contribution in [1.82, 2.24) is 35.1 Å². The summed E-state index contributed by atoms with van der Waals surface area (Å²) in [5.74, 6) is -1.25. The summed E-state index contributed by atoms with van der Waals surface area (Å²) in [5, 5.41) is 9.87. The van der Waals surface area contributed by atoms with E-state index in [4.69, 9.17) is 0 Å². The number of sulfone groups is 1. The molecule has 0 aliphatic carbocycles. The van der Waals surface area contributed by atoms with Crippen molar-refractivity contribution in [2.45, 2.75) is 27.2 Å². The Kier molecular flexibility index (Phi) is 7.39. The Morgan fingerprint density at radius 1 is 1.02 bits per heavy atom. The first-order valence-corrected chi connectivity index (χ1v) is 15.9. The van der Waals surface area contributed by atoms with Crippen LogP contribution in [0, 0.1) is 17.0 Å². The molecule has 0 aliphatic rings. The molecule has 6 rings (SSSR count). The number of hydrogen-bond donors (Lipinski definition) is 3. The zero-order valence-corrected chi connectivity index (χ0v) is 25.6. The minimum atomic E-state index is -3.24. The van der Waals surface area contributed by atoms with E-state index in [-0.39, 0.29) is 46.2 Å². The molecule has 0 saturated heterocycles. The molecule has 0 fully saturated rings. The number of nitrogens with zero attached hydrogens (tertiary/aromatic N) is 5. The van der Waals surface area contributed by atoms with E-state index in [0.29, 0.717) is 39.1 Å². The summed E-state index contributed by atoms with van der Waals surface area (Å²) in [6, 6.07) is 7.57. The van der Waals surface area contributed by atoms with Crippen LogP contribution in [0.1, 0.15) is 26.3 Å². The van der Waals surface area contributed by atoms with Gasteiger partial charge in [0.2, 0.25) is 5.91 Å². The largest absolute Gasteiger partial charge is 0.337 e. The predicted octanol–water partition coefficient (Wildman–Crippen LogP) is 5.48. The molecule has 0 saturated carbocycles. The number of aryl methyl sites for hydroxylation is 1. The highest BCUT2D eigenvalue weighted by Crippen LogP contribution is 2.35. The monoisotopic (exact) mass is 630 g/mol. The maximum atomic E-state index is 16.2. The SMILES string of the molecule is CC(C)(C)C(=O)Nc1cncc(-c2cnc3n[nH]c(-c4nc5c(-c6cc(F)cc(CCS(C)(=O)=O)c6)nccc5[nH]4)c3c2F)c1. The fraction of sp³-hybridized carbons (Fsp3) is 0.226. The summed E-state index contributed by atoms with van der Waals surface area (Å²) in [7, 11) is -3.24. The number of anilines is 1. The fourth-order valence-corrected chi connectivity index (χ4v) is 5.40. The average molecular weight is 631 g/mol. The van der Waals surface area contributed by atoms with Crippen molar-refractivity contribution >= 4 is 43.5 Å². The first-order valence-electron chi connectivity index (χ1n) is 13.9. The molecule has 1 amide bonds. The van der Waals surface area contributed by atoms with Gasteiger partial charge < -0.3 is 10.3 Å². The normalized spacial score (nSPS) is 12.2. The number of rotatable bonds is 7. The lowest BCUT2D eigenvalue weighted by Crippen LogP contribution is -2.27. The maximum Gasteiger partial charge on any atom is 0.229 e. The van der Waals surface area contributed by atoms with Gasteiger partial charge in [-0.2, -0.15) is 5.10 Å². The molecule has 11 nitrogen and oxygen atoms in total. The van der Waals surface area contributed by atoms with Gasteiger partial charge in [-0.05, 0) is 42.3 Å². The second-order valence-electron chi connectivity index (χ2n) is 11.8. The lowest BCUT2D eigenvalue weighted by atomic mass is 9.95. The van der Waals surface area contributed by atoms with Crippen LogP contribution in [-0.4, -0.2) is 61.5 Å². The van der Waals surface area contributed by atoms with E-state index in [2.05, 4.69) is 40.4 Å². The highest BCUT2D eigenvalue weighted by molar-refractivity contribution is 7.90. The van der Waals surface area contributed by atoms with Crippen molar-refractivity contribution in [3.05, 3.63) is 72.3 Å². The van der Waals surface area contributed by atoms with E-state index in [1.165, 1.54) is 36.9 Å². The smallest absolute Gasteiger partial charge is 0.229 e. The molecule has 3 N–H and O–H groups in total.